The third kappa shape index (κ3) is 4.52. The average molecular weight is 355 g/mol. The average Bonchev–Trinajstić information content (AvgIpc) is 2.68. The van der Waals surface area contributed by atoms with E-state index in [1.54, 1.807) is 7.11 Å². The lowest BCUT2D eigenvalue weighted by Gasteiger charge is -2.35. The molecule has 1 fully saturated rings. The molecule has 0 aliphatic carbocycles. The third-order valence-electron chi connectivity index (χ3n) is 4.63. The maximum atomic E-state index is 10.9. The van der Waals surface area contributed by atoms with Gasteiger partial charge in [-0.1, -0.05) is 18.6 Å². The number of piperidine rings is 1. The summed E-state index contributed by atoms with van der Waals surface area (Å²) in [5.74, 6) is 0.618. The summed E-state index contributed by atoms with van der Waals surface area (Å²) in [6, 6.07) is 12.2. The van der Waals surface area contributed by atoms with Gasteiger partial charge in [-0.3, -0.25) is 14.7 Å². The summed E-state index contributed by atoms with van der Waals surface area (Å²) in [4.78, 5) is 17.9. The van der Waals surface area contributed by atoms with Gasteiger partial charge in [0, 0.05) is 12.7 Å². The lowest BCUT2D eigenvalue weighted by molar-refractivity contribution is -0.119. The minimum atomic E-state index is -0.511. The van der Waals surface area contributed by atoms with Crippen LogP contribution in [0.3, 0.4) is 0 Å². The quantitative estimate of drug-likeness (QED) is 0.826. The maximum absolute atomic E-state index is 10.9. The van der Waals surface area contributed by atoms with Gasteiger partial charge in [0.05, 0.1) is 18.8 Å². The number of aromatic nitrogens is 1. The molecular formula is C20H25N3O3. The van der Waals surface area contributed by atoms with Crippen molar-refractivity contribution >= 4 is 5.91 Å². The number of pyridine rings is 1. The Morgan fingerprint density at radius 3 is 2.88 bits per heavy atom. The minimum Gasteiger partial charge on any atom is -0.493 e. The van der Waals surface area contributed by atoms with Gasteiger partial charge in [-0.15, -0.1) is 0 Å². The Hall–Kier alpha value is -2.60. The second-order valence-corrected chi connectivity index (χ2v) is 6.48. The van der Waals surface area contributed by atoms with Crippen LogP contribution in [-0.4, -0.2) is 36.1 Å². The first-order valence-electron chi connectivity index (χ1n) is 8.90. The highest BCUT2D eigenvalue weighted by Crippen LogP contribution is 2.33. The van der Waals surface area contributed by atoms with Crippen LogP contribution in [0.1, 0.15) is 36.6 Å². The summed E-state index contributed by atoms with van der Waals surface area (Å²) < 4.78 is 10.8. The largest absolute Gasteiger partial charge is 0.493 e. The smallest absolute Gasteiger partial charge is 0.255 e. The Kier molecular flexibility index (Phi) is 6.07. The van der Waals surface area contributed by atoms with Crippen LogP contribution in [0.5, 0.6) is 11.5 Å². The van der Waals surface area contributed by atoms with Crippen molar-refractivity contribution < 1.29 is 14.3 Å². The standard InChI is InChI=1S/C20H25N3O3/c1-25-19-12-15(8-9-18(19)26-14-20(21)24)13-23-11-5-3-7-17(23)16-6-2-4-10-22-16/h2,4,6,8-10,12,17H,3,5,7,11,13-14H2,1H3,(H2,21,24)/t17-/m0/s1. The van der Waals surface area contributed by atoms with Crippen LogP contribution >= 0.6 is 0 Å². The second kappa shape index (κ2) is 8.67. The zero-order valence-corrected chi connectivity index (χ0v) is 15.1. The van der Waals surface area contributed by atoms with E-state index in [2.05, 4.69) is 16.0 Å². The molecule has 6 heteroatoms. The van der Waals surface area contributed by atoms with Gasteiger partial charge in [0.15, 0.2) is 18.1 Å². The molecule has 1 saturated heterocycles. The number of likely N-dealkylation sites (tertiary alicyclic amines) is 1. The van der Waals surface area contributed by atoms with Gasteiger partial charge in [-0.25, -0.2) is 0 Å². The Morgan fingerprint density at radius 2 is 2.15 bits per heavy atom. The molecule has 0 radical (unpaired) electrons. The topological polar surface area (TPSA) is 77.7 Å². The fourth-order valence-electron chi connectivity index (χ4n) is 3.40. The third-order valence-corrected chi connectivity index (χ3v) is 4.63. The summed E-state index contributed by atoms with van der Waals surface area (Å²) in [6.07, 6.45) is 5.39. The Balaban J connectivity index is 1.75. The van der Waals surface area contributed by atoms with E-state index in [0.717, 1.165) is 30.8 Å². The number of hydrogen-bond donors (Lipinski definition) is 1. The molecule has 0 saturated carbocycles. The number of ether oxygens (including phenoxy) is 2. The Bertz CT molecular complexity index is 736. The molecule has 1 aliphatic heterocycles. The van der Waals surface area contributed by atoms with E-state index >= 15 is 0 Å². The van der Waals surface area contributed by atoms with Gasteiger partial charge in [0.1, 0.15) is 0 Å². The van der Waals surface area contributed by atoms with E-state index in [9.17, 15) is 4.79 Å². The number of methoxy groups -OCH3 is 1. The van der Waals surface area contributed by atoms with Crippen molar-refractivity contribution in [3.05, 3.63) is 53.9 Å². The Labute approximate surface area is 153 Å². The summed E-state index contributed by atoms with van der Waals surface area (Å²) in [5.41, 5.74) is 7.40. The molecule has 1 aromatic heterocycles. The fraction of sp³-hybridized carbons (Fsp3) is 0.400. The number of nitrogens with two attached hydrogens (primary N) is 1. The van der Waals surface area contributed by atoms with Gasteiger partial charge < -0.3 is 15.2 Å². The lowest BCUT2D eigenvalue weighted by Crippen LogP contribution is -2.33. The van der Waals surface area contributed by atoms with E-state index < -0.39 is 5.91 Å². The SMILES string of the molecule is COc1cc(CN2CCCC[C@H]2c2ccccn2)ccc1OCC(N)=O. The Morgan fingerprint density at radius 1 is 1.27 bits per heavy atom. The monoisotopic (exact) mass is 355 g/mol. The molecule has 1 aliphatic rings. The molecular weight excluding hydrogens is 330 g/mol. The molecule has 2 aromatic rings. The summed E-state index contributed by atoms with van der Waals surface area (Å²) in [5, 5.41) is 0. The highest BCUT2D eigenvalue weighted by atomic mass is 16.5. The maximum Gasteiger partial charge on any atom is 0.255 e. The van der Waals surface area contributed by atoms with Crippen LogP contribution in [0.15, 0.2) is 42.6 Å². The van der Waals surface area contributed by atoms with Gasteiger partial charge in [-0.05, 0) is 49.2 Å². The van der Waals surface area contributed by atoms with E-state index in [1.807, 2.05) is 36.5 Å². The molecule has 138 valence electrons. The van der Waals surface area contributed by atoms with Gasteiger partial charge in [0.25, 0.3) is 5.91 Å². The van der Waals surface area contributed by atoms with Crippen LogP contribution in [-0.2, 0) is 11.3 Å². The summed E-state index contributed by atoms with van der Waals surface area (Å²) in [6.45, 7) is 1.70. The van der Waals surface area contributed by atoms with Crippen LogP contribution in [0.25, 0.3) is 0 Å². The number of carbonyl (C=O) groups excluding carboxylic acids is 1. The van der Waals surface area contributed by atoms with Gasteiger partial charge in [-0.2, -0.15) is 0 Å². The summed E-state index contributed by atoms with van der Waals surface area (Å²) >= 11 is 0. The zero-order chi connectivity index (χ0) is 18.4. The van der Waals surface area contributed by atoms with E-state index in [4.69, 9.17) is 15.2 Å². The van der Waals surface area contributed by atoms with Crippen molar-refractivity contribution in [2.75, 3.05) is 20.3 Å². The molecule has 6 nitrogen and oxygen atoms in total. The van der Waals surface area contributed by atoms with Crippen molar-refractivity contribution in [3.8, 4) is 11.5 Å². The molecule has 3 rings (SSSR count). The fourth-order valence-corrected chi connectivity index (χ4v) is 3.40. The zero-order valence-electron chi connectivity index (χ0n) is 15.1. The summed E-state index contributed by atoms with van der Waals surface area (Å²) in [7, 11) is 1.59. The van der Waals surface area contributed by atoms with Crippen LogP contribution < -0.4 is 15.2 Å². The molecule has 0 spiro atoms. The molecule has 1 amide bonds. The number of benzene rings is 1. The number of carbonyl (C=O) groups is 1. The number of nitrogens with zero attached hydrogens (tertiary/aromatic N) is 2. The highest BCUT2D eigenvalue weighted by molar-refractivity contribution is 5.75. The predicted molar refractivity (Wildman–Crippen MR) is 98.9 cm³/mol. The van der Waals surface area contributed by atoms with Crippen molar-refractivity contribution in [2.24, 2.45) is 5.73 Å². The normalized spacial score (nSPS) is 17.7. The minimum absolute atomic E-state index is 0.163. The second-order valence-electron chi connectivity index (χ2n) is 6.48. The first kappa shape index (κ1) is 18.2. The molecule has 2 N–H and O–H groups in total. The molecule has 26 heavy (non-hydrogen) atoms. The van der Waals surface area contributed by atoms with Crippen molar-refractivity contribution in [1.29, 1.82) is 0 Å². The number of hydrogen-bond acceptors (Lipinski definition) is 5. The number of rotatable bonds is 7. The number of primary amides is 1. The lowest BCUT2D eigenvalue weighted by atomic mass is 9.98. The molecule has 2 heterocycles. The number of amides is 1. The van der Waals surface area contributed by atoms with Crippen molar-refractivity contribution in [3.63, 3.8) is 0 Å². The van der Waals surface area contributed by atoms with Gasteiger partial charge >= 0.3 is 0 Å². The predicted octanol–water partition coefficient (Wildman–Crippen LogP) is 2.68. The van der Waals surface area contributed by atoms with Gasteiger partial charge in [0.2, 0.25) is 0 Å². The molecule has 1 atom stereocenters. The van der Waals surface area contributed by atoms with Crippen molar-refractivity contribution in [1.82, 2.24) is 9.88 Å². The first-order valence-corrected chi connectivity index (χ1v) is 8.90. The van der Waals surface area contributed by atoms with Crippen molar-refractivity contribution in [2.45, 2.75) is 31.8 Å². The highest BCUT2D eigenvalue weighted by Gasteiger charge is 2.25. The van der Waals surface area contributed by atoms with E-state index in [1.165, 1.54) is 12.8 Å². The van der Waals surface area contributed by atoms with Crippen LogP contribution in [0, 0.1) is 0 Å². The first-order chi connectivity index (χ1) is 12.7. The van der Waals surface area contributed by atoms with Crippen LogP contribution in [0.4, 0.5) is 0 Å². The molecule has 0 unspecified atom stereocenters. The van der Waals surface area contributed by atoms with E-state index in [-0.39, 0.29) is 6.61 Å². The van der Waals surface area contributed by atoms with Crippen LogP contribution in [0.2, 0.25) is 0 Å². The molecule has 1 aromatic carbocycles. The van der Waals surface area contributed by atoms with E-state index in [0.29, 0.717) is 17.5 Å². The molecule has 0 bridgehead atoms.